The van der Waals surface area contributed by atoms with Crippen LogP contribution in [0.2, 0.25) is 0 Å². The van der Waals surface area contributed by atoms with Gasteiger partial charge < -0.3 is 11.1 Å². The quantitative estimate of drug-likeness (QED) is 0.896. The van der Waals surface area contributed by atoms with Crippen molar-refractivity contribution in [1.82, 2.24) is 0 Å². The van der Waals surface area contributed by atoms with Gasteiger partial charge in [0, 0.05) is 5.69 Å². The van der Waals surface area contributed by atoms with Gasteiger partial charge in [-0.15, -0.1) is 12.4 Å². The van der Waals surface area contributed by atoms with Gasteiger partial charge in [0.05, 0.1) is 6.04 Å². The number of aryl methyl sites for hydroxylation is 1. The average molecular weight is 283 g/mol. The number of carbonyl (C=O) groups is 1. The molecule has 4 heteroatoms. The van der Waals surface area contributed by atoms with Crippen molar-refractivity contribution in [1.29, 1.82) is 0 Å². The fraction of sp³-hybridized carbons (Fsp3) is 0.533. The second-order valence-corrected chi connectivity index (χ2v) is 5.41. The van der Waals surface area contributed by atoms with Crippen LogP contribution < -0.4 is 11.1 Å². The maximum Gasteiger partial charge on any atom is 0.241 e. The number of anilines is 1. The Hall–Kier alpha value is -1.06. The van der Waals surface area contributed by atoms with Crippen LogP contribution >= 0.6 is 12.4 Å². The lowest BCUT2D eigenvalue weighted by Gasteiger charge is -2.21. The molecule has 1 aliphatic carbocycles. The molecular weight excluding hydrogens is 260 g/mol. The van der Waals surface area contributed by atoms with Gasteiger partial charge in [-0.05, 0) is 48.8 Å². The van der Waals surface area contributed by atoms with E-state index in [1.165, 1.54) is 24.0 Å². The van der Waals surface area contributed by atoms with Crippen LogP contribution in [-0.4, -0.2) is 11.9 Å². The highest BCUT2D eigenvalue weighted by Gasteiger charge is 2.19. The molecule has 1 aromatic carbocycles. The number of hydrogen-bond acceptors (Lipinski definition) is 2. The number of amides is 1. The van der Waals surface area contributed by atoms with Crippen molar-refractivity contribution >= 4 is 24.0 Å². The Morgan fingerprint density at radius 2 is 1.95 bits per heavy atom. The summed E-state index contributed by atoms with van der Waals surface area (Å²) in [5.74, 6) is 0.0773. The van der Waals surface area contributed by atoms with Crippen LogP contribution in [0.25, 0.3) is 0 Å². The number of nitrogens with two attached hydrogens (primary N) is 1. The highest BCUT2D eigenvalue weighted by atomic mass is 35.5. The van der Waals surface area contributed by atoms with Gasteiger partial charge in [0.25, 0.3) is 0 Å². The van der Waals surface area contributed by atoms with Gasteiger partial charge in [-0.1, -0.05) is 26.0 Å². The molecule has 0 spiro atoms. The zero-order valence-corrected chi connectivity index (χ0v) is 12.4. The molecule has 3 nitrogen and oxygen atoms in total. The molecule has 1 unspecified atom stereocenters. The molecule has 0 bridgehead atoms. The maximum atomic E-state index is 12.0. The number of halogens is 1. The molecule has 0 aliphatic heterocycles. The molecule has 0 radical (unpaired) electrons. The minimum atomic E-state index is -0.440. The monoisotopic (exact) mass is 282 g/mol. The van der Waals surface area contributed by atoms with E-state index in [1.54, 1.807) is 0 Å². The molecule has 19 heavy (non-hydrogen) atoms. The van der Waals surface area contributed by atoms with E-state index in [0.29, 0.717) is 0 Å². The first-order valence-corrected chi connectivity index (χ1v) is 6.77. The van der Waals surface area contributed by atoms with Gasteiger partial charge in [-0.3, -0.25) is 4.79 Å². The molecule has 1 aliphatic rings. The number of hydrogen-bond donors (Lipinski definition) is 2. The van der Waals surface area contributed by atoms with E-state index >= 15 is 0 Å². The first kappa shape index (κ1) is 16.0. The summed E-state index contributed by atoms with van der Waals surface area (Å²) < 4.78 is 0. The molecular formula is C15H23ClN2O. The molecule has 3 N–H and O–H groups in total. The number of nitrogens with one attached hydrogen (secondary N) is 1. The zero-order chi connectivity index (χ0) is 13.1. The van der Waals surface area contributed by atoms with E-state index in [4.69, 9.17) is 5.73 Å². The van der Waals surface area contributed by atoms with E-state index in [0.717, 1.165) is 18.5 Å². The predicted molar refractivity (Wildman–Crippen MR) is 81.8 cm³/mol. The third kappa shape index (κ3) is 3.71. The smallest absolute Gasteiger partial charge is 0.241 e. The third-order valence-corrected chi connectivity index (χ3v) is 3.67. The Morgan fingerprint density at radius 1 is 1.26 bits per heavy atom. The van der Waals surface area contributed by atoms with Crippen LogP contribution in [0.5, 0.6) is 0 Å². The molecule has 1 amide bonds. The first-order chi connectivity index (χ1) is 8.59. The summed E-state index contributed by atoms with van der Waals surface area (Å²) in [4.78, 5) is 12.0. The van der Waals surface area contributed by atoms with Crippen molar-refractivity contribution in [3.63, 3.8) is 0 Å². The summed E-state index contributed by atoms with van der Waals surface area (Å²) in [7, 11) is 0. The highest BCUT2D eigenvalue weighted by molar-refractivity contribution is 5.95. The van der Waals surface area contributed by atoms with Crippen molar-refractivity contribution in [2.75, 3.05) is 5.32 Å². The van der Waals surface area contributed by atoms with Crippen molar-refractivity contribution in [3.8, 4) is 0 Å². The summed E-state index contributed by atoms with van der Waals surface area (Å²) in [6, 6.07) is 5.71. The van der Waals surface area contributed by atoms with E-state index in [2.05, 4.69) is 11.4 Å². The fourth-order valence-corrected chi connectivity index (χ4v) is 2.42. The fourth-order valence-electron chi connectivity index (χ4n) is 2.42. The third-order valence-electron chi connectivity index (χ3n) is 3.67. The summed E-state index contributed by atoms with van der Waals surface area (Å²) in [5, 5.41) is 2.99. The van der Waals surface area contributed by atoms with E-state index in [1.807, 2.05) is 26.0 Å². The van der Waals surface area contributed by atoms with Gasteiger partial charge in [-0.25, -0.2) is 0 Å². The maximum absolute atomic E-state index is 12.0. The topological polar surface area (TPSA) is 55.1 Å². The van der Waals surface area contributed by atoms with E-state index < -0.39 is 6.04 Å². The molecule has 106 valence electrons. The van der Waals surface area contributed by atoms with Gasteiger partial charge in [0.2, 0.25) is 5.91 Å². The second kappa shape index (κ2) is 6.92. The van der Waals surface area contributed by atoms with Crippen molar-refractivity contribution in [2.24, 2.45) is 11.7 Å². The molecule has 2 rings (SSSR count). The number of fused-ring (bicyclic) bond motifs is 1. The lowest BCUT2D eigenvalue weighted by atomic mass is 9.90. The molecule has 0 fully saturated rings. The van der Waals surface area contributed by atoms with Gasteiger partial charge in [-0.2, -0.15) is 0 Å². The number of carbonyl (C=O) groups excluding carboxylic acids is 1. The average Bonchev–Trinajstić information content (AvgIpc) is 2.38. The SMILES string of the molecule is CC(C)C(N)C(=O)Nc1cccc2c1CCCC2.Cl. The minimum absolute atomic E-state index is 0. The van der Waals surface area contributed by atoms with E-state index in [9.17, 15) is 4.79 Å². The molecule has 0 saturated heterocycles. The lowest BCUT2D eigenvalue weighted by Crippen LogP contribution is -2.40. The zero-order valence-electron chi connectivity index (χ0n) is 11.6. The number of benzene rings is 1. The highest BCUT2D eigenvalue weighted by Crippen LogP contribution is 2.27. The van der Waals surface area contributed by atoms with Gasteiger partial charge in [0.15, 0.2) is 0 Å². The Balaban J connectivity index is 0.00000180. The van der Waals surface area contributed by atoms with E-state index in [-0.39, 0.29) is 24.2 Å². The Labute approximate surface area is 121 Å². The normalized spacial score (nSPS) is 15.4. The largest absolute Gasteiger partial charge is 0.324 e. The molecule has 0 heterocycles. The molecule has 1 atom stereocenters. The standard InChI is InChI=1S/C15H22N2O.ClH/c1-10(2)14(16)15(18)17-13-9-5-7-11-6-3-4-8-12(11)13;/h5,7,9-10,14H,3-4,6,8,16H2,1-2H3,(H,17,18);1H. The summed E-state index contributed by atoms with van der Waals surface area (Å²) in [6.45, 7) is 3.93. The van der Waals surface area contributed by atoms with Gasteiger partial charge >= 0.3 is 0 Å². The van der Waals surface area contributed by atoms with Crippen LogP contribution in [0.4, 0.5) is 5.69 Å². The minimum Gasteiger partial charge on any atom is -0.324 e. The summed E-state index contributed by atoms with van der Waals surface area (Å²) in [6.07, 6.45) is 4.63. The first-order valence-electron chi connectivity index (χ1n) is 6.77. The Morgan fingerprint density at radius 3 is 2.63 bits per heavy atom. The molecule has 1 aromatic rings. The van der Waals surface area contributed by atoms with Crippen molar-refractivity contribution in [2.45, 2.75) is 45.6 Å². The number of rotatable bonds is 3. The Kier molecular flexibility index (Phi) is 5.83. The Bertz CT molecular complexity index is 446. The predicted octanol–water partition coefficient (Wildman–Crippen LogP) is 2.91. The van der Waals surface area contributed by atoms with Gasteiger partial charge in [0.1, 0.15) is 0 Å². The van der Waals surface area contributed by atoms with Crippen LogP contribution in [0.3, 0.4) is 0 Å². The molecule has 0 saturated carbocycles. The summed E-state index contributed by atoms with van der Waals surface area (Å²) >= 11 is 0. The van der Waals surface area contributed by atoms with Crippen molar-refractivity contribution in [3.05, 3.63) is 29.3 Å². The molecule has 0 aromatic heterocycles. The van der Waals surface area contributed by atoms with Crippen LogP contribution in [0, 0.1) is 5.92 Å². The lowest BCUT2D eigenvalue weighted by molar-refractivity contribution is -0.118. The summed E-state index contributed by atoms with van der Waals surface area (Å²) in [5.41, 5.74) is 9.50. The van der Waals surface area contributed by atoms with Crippen LogP contribution in [-0.2, 0) is 17.6 Å². The van der Waals surface area contributed by atoms with Crippen LogP contribution in [0.1, 0.15) is 37.8 Å². The second-order valence-electron chi connectivity index (χ2n) is 5.41. The van der Waals surface area contributed by atoms with Crippen LogP contribution in [0.15, 0.2) is 18.2 Å². The van der Waals surface area contributed by atoms with Crippen molar-refractivity contribution < 1.29 is 4.79 Å².